The van der Waals surface area contributed by atoms with Crippen molar-refractivity contribution in [3.63, 3.8) is 0 Å². The van der Waals surface area contributed by atoms with Crippen molar-refractivity contribution in [3.05, 3.63) is 101 Å². The zero-order valence-electron chi connectivity index (χ0n) is 20.8. The lowest BCUT2D eigenvalue weighted by molar-refractivity contribution is -0.119. The number of anilines is 3. The number of hydrogen-bond donors (Lipinski definition) is 1. The fraction of sp³-hybridized carbons (Fsp3) is 0.267. The van der Waals surface area contributed by atoms with Crippen LogP contribution < -0.4 is 15.1 Å². The molecule has 1 N–H and O–H groups in total. The summed E-state index contributed by atoms with van der Waals surface area (Å²) in [6.45, 7) is 1.82. The Morgan fingerprint density at radius 2 is 1.64 bits per heavy atom. The first-order chi connectivity index (χ1) is 17.4. The van der Waals surface area contributed by atoms with Crippen LogP contribution in [0.4, 0.5) is 21.5 Å². The van der Waals surface area contributed by atoms with Crippen molar-refractivity contribution < 1.29 is 14.0 Å². The number of nitrogens with zero attached hydrogens (tertiary/aromatic N) is 2. The first-order valence-corrected chi connectivity index (χ1v) is 12.3. The number of hydrogen-bond acceptors (Lipinski definition) is 4. The Morgan fingerprint density at radius 3 is 2.31 bits per heavy atom. The third-order valence-corrected chi connectivity index (χ3v) is 7.13. The fourth-order valence-corrected chi connectivity index (χ4v) is 5.28. The minimum absolute atomic E-state index is 0.00136. The molecule has 5 nitrogen and oxygen atoms in total. The van der Waals surface area contributed by atoms with E-state index in [0.29, 0.717) is 29.7 Å². The minimum Gasteiger partial charge on any atom is -0.378 e. The standard InChI is InChI=1S/C30H30FN3O2/c1-4-28(36)34-26-8-6-5-7-24(26)32-25-17-21(19-11-15-23(16-12-19)33(2)3)18-27(35)29(25)30(34)20-9-13-22(31)14-10-20/h5-16,21,30,32H,4,17-18H2,1-3H3/t21-,30+/m0/s1. The van der Waals surface area contributed by atoms with Crippen LogP contribution in [0.1, 0.15) is 49.3 Å². The van der Waals surface area contributed by atoms with Crippen molar-refractivity contribution in [1.29, 1.82) is 0 Å². The molecule has 3 aromatic carbocycles. The number of fused-ring (bicyclic) bond motifs is 1. The average molecular weight is 484 g/mol. The number of carbonyl (C=O) groups excluding carboxylic acids is 2. The van der Waals surface area contributed by atoms with Crippen molar-refractivity contribution in [2.45, 2.75) is 38.1 Å². The largest absolute Gasteiger partial charge is 0.378 e. The van der Waals surface area contributed by atoms with Crippen molar-refractivity contribution in [2.75, 3.05) is 29.2 Å². The van der Waals surface area contributed by atoms with E-state index in [-0.39, 0.29) is 29.8 Å². The Kier molecular flexibility index (Phi) is 6.35. The van der Waals surface area contributed by atoms with Gasteiger partial charge in [0.15, 0.2) is 5.78 Å². The molecule has 1 aliphatic carbocycles. The Morgan fingerprint density at radius 1 is 0.972 bits per heavy atom. The molecule has 0 aromatic heterocycles. The van der Waals surface area contributed by atoms with E-state index in [1.165, 1.54) is 12.1 Å². The minimum atomic E-state index is -0.631. The number of Topliss-reactive ketones (excluding diaryl/α,β-unsaturated/α-hetero) is 1. The molecule has 1 heterocycles. The summed E-state index contributed by atoms with van der Waals surface area (Å²) in [7, 11) is 4.00. The van der Waals surface area contributed by atoms with Gasteiger partial charge < -0.3 is 10.2 Å². The van der Waals surface area contributed by atoms with Gasteiger partial charge in [0.1, 0.15) is 5.82 Å². The first-order valence-electron chi connectivity index (χ1n) is 12.3. The molecule has 0 spiro atoms. The summed E-state index contributed by atoms with van der Waals surface area (Å²) in [4.78, 5) is 31.0. The van der Waals surface area contributed by atoms with Crippen LogP contribution in [0.3, 0.4) is 0 Å². The van der Waals surface area contributed by atoms with Crippen LogP contribution in [0.25, 0.3) is 0 Å². The van der Waals surface area contributed by atoms with Crippen LogP contribution in [0, 0.1) is 5.82 Å². The Labute approximate surface area is 211 Å². The topological polar surface area (TPSA) is 52.7 Å². The monoisotopic (exact) mass is 483 g/mol. The Bertz CT molecular complexity index is 1330. The fourth-order valence-electron chi connectivity index (χ4n) is 5.28. The van der Waals surface area contributed by atoms with E-state index < -0.39 is 6.04 Å². The summed E-state index contributed by atoms with van der Waals surface area (Å²) in [5.41, 5.74) is 5.83. The van der Waals surface area contributed by atoms with Gasteiger partial charge in [0, 0.05) is 43.9 Å². The summed E-state index contributed by atoms with van der Waals surface area (Å²) in [6, 6.07) is 21.5. The average Bonchev–Trinajstić information content (AvgIpc) is 3.03. The van der Waals surface area contributed by atoms with Gasteiger partial charge in [-0.1, -0.05) is 43.3 Å². The number of carbonyl (C=O) groups is 2. The van der Waals surface area contributed by atoms with Gasteiger partial charge in [-0.25, -0.2) is 4.39 Å². The molecule has 1 amide bonds. The Balaban J connectivity index is 1.65. The molecular weight excluding hydrogens is 453 g/mol. The predicted octanol–water partition coefficient (Wildman–Crippen LogP) is 6.20. The van der Waals surface area contributed by atoms with Gasteiger partial charge in [0.2, 0.25) is 5.91 Å². The van der Waals surface area contributed by atoms with Crippen molar-refractivity contribution in [1.82, 2.24) is 0 Å². The Hall–Kier alpha value is -3.93. The molecule has 2 aliphatic rings. The number of amides is 1. The zero-order valence-corrected chi connectivity index (χ0v) is 20.8. The maximum absolute atomic E-state index is 13.9. The van der Waals surface area contributed by atoms with E-state index in [1.807, 2.05) is 50.2 Å². The third-order valence-electron chi connectivity index (χ3n) is 7.13. The van der Waals surface area contributed by atoms with Gasteiger partial charge in [-0.2, -0.15) is 0 Å². The van der Waals surface area contributed by atoms with Gasteiger partial charge in [-0.05, 0) is 59.9 Å². The first kappa shape index (κ1) is 23.8. The van der Waals surface area contributed by atoms with E-state index in [1.54, 1.807) is 17.0 Å². The molecule has 0 radical (unpaired) electrons. The van der Waals surface area contributed by atoms with Crippen LogP contribution in [0.2, 0.25) is 0 Å². The normalized spacial score (nSPS) is 19.2. The van der Waals surface area contributed by atoms with Gasteiger partial charge >= 0.3 is 0 Å². The maximum atomic E-state index is 13.9. The van der Waals surface area contributed by atoms with Crippen molar-refractivity contribution >= 4 is 28.8 Å². The highest BCUT2D eigenvalue weighted by Gasteiger charge is 2.41. The number of rotatable bonds is 4. The quantitative estimate of drug-likeness (QED) is 0.480. The van der Waals surface area contributed by atoms with Gasteiger partial charge in [0.25, 0.3) is 0 Å². The molecule has 0 fully saturated rings. The van der Waals surface area contributed by atoms with Crippen LogP contribution in [0.5, 0.6) is 0 Å². The lowest BCUT2D eigenvalue weighted by atomic mass is 9.78. The molecule has 36 heavy (non-hydrogen) atoms. The third kappa shape index (κ3) is 4.28. The predicted molar refractivity (Wildman–Crippen MR) is 142 cm³/mol. The van der Waals surface area contributed by atoms with Crippen LogP contribution >= 0.6 is 0 Å². The number of allylic oxidation sites excluding steroid dienone is 1. The molecular formula is C30H30FN3O2. The second-order valence-electron chi connectivity index (χ2n) is 9.62. The maximum Gasteiger partial charge on any atom is 0.227 e. The summed E-state index contributed by atoms with van der Waals surface area (Å²) in [5, 5.41) is 3.52. The molecule has 6 heteroatoms. The van der Waals surface area contributed by atoms with E-state index in [4.69, 9.17) is 0 Å². The van der Waals surface area contributed by atoms with Crippen LogP contribution in [0.15, 0.2) is 84.1 Å². The number of halogens is 1. The van der Waals surface area contributed by atoms with E-state index in [2.05, 4.69) is 29.6 Å². The highest BCUT2D eigenvalue weighted by atomic mass is 19.1. The molecule has 2 atom stereocenters. The second-order valence-corrected chi connectivity index (χ2v) is 9.62. The zero-order chi connectivity index (χ0) is 25.4. The molecule has 3 aromatic rings. The van der Waals surface area contributed by atoms with Crippen molar-refractivity contribution in [2.24, 2.45) is 0 Å². The molecule has 0 unspecified atom stereocenters. The number of benzene rings is 3. The van der Waals surface area contributed by atoms with Crippen molar-refractivity contribution in [3.8, 4) is 0 Å². The van der Waals surface area contributed by atoms with E-state index >= 15 is 0 Å². The second kappa shape index (κ2) is 9.61. The molecule has 0 saturated carbocycles. The summed E-state index contributed by atoms with van der Waals surface area (Å²) in [5.74, 6) is -0.429. The highest BCUT2D eigenvalue weighted by Crippen LogP contribution is 2.47. The van der Waals surface area contributed by atoms with E-state index in [0.717, 1.165) is 22.6 Å². The SMILES string of the molecule is CCC(=O)N1c2ccccc2NC2=C(C(=O)C[C@@H](c3ccc(N(C)C)cc3)C2)[C@H]1c1ccc(F)cc1. The van der Waals surface area contributed by atoms with Crippen LogP contribution in [-0.2, 0) is 9.59 Å². The molecule has 5 rings (SSSR count). The van der Waals surface area contributed by atoms with E-state index in [9.17, 15) is 14.0 Å². The van der Waals surface area contributed by atoms with Gasteiger partial charge in [-0.15, -0.1) is 0 Å². The van der Waals surface area contributed by atoms with Crippen LogP contribution in [-0.4, -0.2) is 25.8 Å². The number of para-hydroxylation sites is 2. The van der Waals surface area contributed by atoms with Gasteiger partial charge in [0.05, 0.1) is 17.4 Å². The number of ketones is 1. The molecule has 184 valence electrons. The lowest BCUT2D eigenvalue weighted by Crippen LogP contribution is -2.38. The number of nitrogens with one attached hydrogen (secondary N) is 1. The summed E-state index contributed by atoms with van der Waals surface area (Å²) >= 11 is 0. The smallest absolute Gasteiger partial charge is 0.227 e. The summed E-state index contributed by atoms with van der Waals surface area (Å²) < 4.78 is 13.8. The highest BCUT2D eigenvalue weighted by molar-refractivity contribution is 6.06. The molecule has 0 saturated heterocycles. The molecule has 1 aliphatic heterocycles. The summed E-state index contributed by atoms with van der Waals surface area (Å²) in [6.07, 6.45) is 1.27. The molecule has 0 bridgehead atoms. The van der Waals surface area contributed by atoms with Gasteiger partial charge in [-0.3, -0.25) is 14.5 Å². The lowest BCUT2D eigenvalue weighted by Gasteiger charge is -2.35.